The summed E-state index contributed by atoms with van der Waals surface area (Å²) in [6.07, 6.45) is 11.2. The first kappa shape index (κ1) is 11.8. The van der Waals surface area contributed by atoms with Crippen molar-refractivity contribution in [1.29, 1.82) is 0 Å². The van der Waals surface area contributed by atoms with Crippen molar-refractivity contribution >= 4 is 0 Å². The van der Waals surface area contributed by atoms with Gasteiger partial charge in [-0.1, -0.05) is 44.4 Å². The molecule has 1 unspecified atom stereocenters. The lowest BCUT2D eigenvalue weighted by Gasteiger charge is -2.22. The van der Waals surface area contributed by atoms with E-state index in [2.05, 4.69) is 32.2 Å². The van der Waals surface area contributed by atoms with Crippen LogP contribution >= 0.6 is 0 Å². The van der Waals surface area contributed by atoms with Crippen LogP contribution in [-0.4, -0.2) is 11.1 Å². The second kappa shape index (κ2) is 5.56. The predicted octanol–water partition coefficient (Wildman–Crippen LogP) is 2.92. The van der Waals surface area contributed by atoms with Gasteiger partial charge in [-0.05, 0) is 24.8 Å². The van der Waals surface area contributed by atoms with Crippen molar-refractivity contribution in [1.82, 2.24) is 5.01 Å². The Kier molecular flexibility index (Phi) is 4.37. The molecule has 15 heavy (non-hydrogen) atoms. The third kappa shape index (κ3) is 2.83. The van der Waals surface area contributed by atoms with Gasteiger partial charge in [0.2, 0.25) is 0 Å². The standard InChI is InChI=1S/C13H20N2/c1-4-6-8-12(7-5-2)13-10-9-11(3)15(13)14/h5-8,13H,2-4,9-10,14H2,1H3/b8-6-,12-7+. The highest BCUT2D eigenvalue weighted by Gasteiger charge is 2.25. The highest BCUT2D eigenvalue weighted by atomic mass is 15.4. The minimum Gasteiger partial charge on any atom is -0.308 e. The van der Waals surface area contributed by atoms with Gasteiger partial charge < -0.3 is 5.01 Å². The maximum Gasteiger partial charge on any atom is 0.0701 e. The van der Waals surface area contributed by atoms with Crippen LogP contribution in [0.2, 0.25) is 0 Å². The second-order valence-electron chi connectivity index (χ2n) is 3.74. The molecule has 0 saturated carbocycles. The van der Waals surface area contributed by atoms with Crippen molar-refractivity contribution in [3.05, 3.63) is 48.7 Å². The molecule has 1 fully saturated rings. The lowest BCUT2D eigenvalue weighted by atomic mass is 10.0. The molecule has 1 atom stereocenters. The first-order valence-corrected chi connectivity index (χ1v) is 5.41. The van der Waals surface area contributed by atoms with Crippen molar-refractivity contribution in [2.75, 3.05) is 0 Å². The van der Waals surface area contributed by atoms with Gasteiger partial charge in [0.25, 0.3) is 0 Å². The van der Waals surface area contributed by atoms with E-state index in [0.717, 1.165) is 25.0 Å². The number of hydrogen-bond acceptors (Lipinski definition) is 2. The molecule has 2 nitrogen and oxygen atoms in total. The van der Waals surface area contributed by atoms with E-state index < -0.39 is 0 Å². The topological polar surface area (TPSA) is 29.3 Å². The summed E-state index contributed by atoms with van der Waals surface area (Å²) in [6, 6.07) is 0.262. The minimum atomic E-state index is 0.262. The van der Waals surface area contributed by atoms with Gasteiger partial charge in [0.15, 0.2) is 0 Å². The molecule has 0 spiro atoms. The minimum absolute atomic E-state index is 0.262. The highest BCUT2D eigenvalue weighted by molar-refractivity contribution is 5.31. The summed E-state index contributed by atoms with van der Waals surface area (Å²) in [5.74, 6) is 5.95. The zero-order chi connectivity index (χ0) is 11.3. The number of hydrogen-bond donors (Lipinski definition) is 1. The summed E-state index contributed by atoms with van der Waals surface area (Å²) in [5, 5.41) is 1.77. The van der Waals surface area contributed by atoms with Crippen LogP contribution in [0.5, 0.6) is 0 Å². The molecule has 2 heteroatoms. The largest absolute Gasteiger partial charge is 0.308 e. The molecule has 1 heterocycles. The molecule has 1 aliphatic heterocycles. The summed E-state index contributed by atoms with van der Waals surface area (Å²) in [7, 11) is 0. The van der Waals surface area contributed by atoms with Gasteiger partial charge in [-0.2, -0.15) is 0 Å². The van der Waals surface area contributed by atoms with Crippen LogP contribution in [0.4, 0.5) is 0 Å². The molecule has 0 aliphatic carbocycles. The average Bonchev–Trinajstić information content (AvgIpc) is 2.55. The first-order valence-electron chi connectivity index (χ1n) is 5.41. The first-order chi connectivity index (χ1) is 7.20. The Bertz CT molecular complexity index is 300. The van der Waals surface area contributed by atoms with Gasteiger partial charge >= 0.3 is 0 Å². The third-order valence-corrected chi connectivity index (χ3v) is 2.65. The van der Waals surface area contributed by atoms with E-state index >= 15 is 0 Å². The van der Waals surface area contributed by atoms with Gasteiger partial charge in [0, 0.05) is 5.70 Å². The van der Waals surface area contributed by atoms with Crippen LogP contribution in [0.1, 0.15) is 26.2 Å². The normalized spacial score (nSPS) is 22.8. The van der Waals surface area contributed by atoms with Crippen molar-refractivity contribution in [2.45, 2.75) is 32.2 Å². The lowest BCUT2D eigenvalue weighted by Crippen LogP contribution is -2.35. The third-order valence-electron chi connectivity index (χ3n) is 2.65. The van der Waals surface area contributed by atoms with Crippen molar-refractivity contribution < 1.29 is 0 Å². The molecule has 1 aliphatic rings. The number of rotatable bonds is 4. The summed E-state index contributed by atoms with van der Waals surface area (Å²) in [4.78, 5) is 0. The van der Waals surface area contributed by atoms with Gasteiger partial charge in [-0.15, -0.1) is 0 Å². The zero-order valence-corrected chi connectivity index (χ0v) is 9.45. The smallest absolute Gasteiger partial charge is 0.0701 e. The summed E-state index contributed by atoms with van der Waals surface area (Å²) < 4.78 is 0. The molecule has 0 radical (unpaired) electrons. The van der Waals surface area contributed by atoms with Crippen LogP contribution < -0.4 is 5.84 Å². The fourth-order valence-corrected chi connectivity index (χ4v) is 1.79. The zero-order valence-electron chi connectivity index (χ0n) is 9.45. The quantitative estimate of drug-likeness (QED) is 0.563. The molecular formula is C13H20N2. The number of nitrogens with zero attached hydrogens (tertiary/aromatic N) is 1. The van der Waals surface area contributed by atoms with E-state index in [1.807, 2.05) is 12.2 Å². The Hall–Kier alpha value is -1.28. The maximum absolute atomic E-state index is 5.95. The molecule has 2 N–H and O–H groups in total. The van der Waals surface area contributed by atoms with E-state index in [1.54, 1.807) is 5.01 Å². The van der Waals surface area contributed by atoms with E-state index in [9.17, 15) is 0 Å². The number of allylic oxidation sites excluding steroid dienone is 4. The Balaban J connectivity index is 2.81. The van der Waals surface area contributed by atoms with Crippen LogP contribution in [-0.2, 0) is 0 Å². The molecule has 0 aromatic carbocycles. The van der Waals surface area contributed by atoms with Crippen LogP contribution in [0.3, 0.4) is 0 Å². The molecule has 0 amide bonds. The average molecular weight is 204 g/mol. The Morgan fingerprint density at radius 2 is 2.40 bits per heavy atom. The molecule has 1 rings (SSSR count). The summed E-state index contributed by atoms with van der Waals surface area (Å²) in [6.45, 7) is 9.78. The molecular weight excluding hydrogens is 184 g/mol. The van der Waals surface area contributed by atoms with Gasteiger partial charge in [0.05, 0.1) is 6.04 Å². The van der Waals surface area contributed by atoms with Crippen LogP contribution in [0.15, 0.2) is 48.7 Å². The molecule has 0 bridgehead atoms. The van der Waals surface area contributed by atoms with E-state index in [4.69, 9.17) is 5.84 Å². The van der Waals surface area contributed by atoms with Crippen molar-refractivity contribution in [3.8, 4) is 0 Å². The SMILES string of the molecule is C=C/C=C(\C=C/CC)C1CCC(=C)N1N. The Morgan fingerprint density at radius 3 is 2.87 bits per heavy atom. The fourth-order valence-electron chi connectivity index (χ4n) is 1.79. The van der Waals surface area contributed by atoms with E-state index in [1.165, 1.54) is 5.57 Å². The van der Waals surface area contributed by atoms with E-state index in [0.29, 0.717) is 0 Å². The summed E-state index contributed by atoms with van der Waals surface area (Å²) in [5.41, 5.74) is 2.23. The number of hydrazine groups is 1. The van der Waals surface area contributed by atoms with Crippen LogP contribution in [0, 0.1) is 0 Å². The number of nitrogens with two attached hydrogens (primary N) is 1. The Labute approximate surface area is 92.4 Å². The second-order valence-corrected chi connectivity index (χ2v) is 3.74. The fraction of sp³-hybridized carbons (Fsp3) is 0.385. The van der Waals surface area contributed by atoms with E-state index in [-0.39, 0.29) is 6.04 Å². The van der Waals surface area contributed by atoms with Gasteiger partial charge in [-0.25, -0.2) is 5.84 Å². The van der Waals surface area contributed by atoms with Crippen LogP contribution in [0.25, 0.3) is 0 Å². The predicted molar refractivity (Wildman–Crippen MR) is 65.9 cm³/mol. The molecule has 0 aromatic rings. The highest BCUT2D eigenvalue weighted by Crippen LogP contribution is 2.28. The van der Waals surface area contributed by atoms with Gasteiger partial charge in [0.1, 0.15) is 0 Å². The van der Waals surface area contributed by atoms with Gasteiger partial charge in [-0.3, -0.25) is 0 Å². The van der Waals surface area contributed by atoms with Crippen molar-refractivity contribution in [3.63, 3.8) is 0 Å². The summed E-state index contributed by atoms with van der Waals surface area (Å²) >= 11 is 0. The van der Waals surface area contributed by atoms with Crippen molar-refractivity contribution in [2.24, 2.45) is 5.84 Å². The monoisotopic (exact) mass is 204 g/mol. The Morgan fingerprint density at radius 1 is 1.67 bits per heavy atom. The molecule has 0 aromatic heterocycles. The maximum atomic E-state index is 5.95. The molecule has 82 valence electrons. The molecule has 1 saturated heterocycles. The lowest BCUT2D eigenvalue weighted by molar-refractivity contribution is 0.342.